The molecule has 1 aliphatic rings. The molecule has 9 nitrogen and oxygen atoms in total. The molecule has 3 rings (SSSR count). The van der Waals surface area contributed by atoms with Crippen LogP contribution in [0.4, 0.5) is 0 Å². The van der Waals surface area contributed by atoms with Gasteiger partial charge in [-0.3, -0.25) is 19.4 Å². The first-order valence-electron chi connectivity index (χ1n) is 11.7. The van der Waals surface area contributed by atoms with E-state index in [4.69, 9.17) is 5.14 Å². The molecule has 1 aromatic carbocycles. The number of nitrogens with one attached hydrogen (secondary N) is 1. The highest BCUT2D eigenvalue weighted by Gasteiger charge is 2.23. The summed E-state index contributed by atoms with van der Waals surface area (Å²) in [6, 6.07) is 8.18. The normalized spacial score (nSPS) is 15.4. The Balaban J connectivity index is 1.59. The standard InChI is InChI=1S/C24H35N5O4S/c1-4-5-10-26-24(31)17-28-13-11-27(12-14-28)16-23(30)22-15-18(2)29(19(22)3)20-6-8-21(9-7-20)34(25,32)33/h6-9,15H,4-5,10-14,16-17H2,1-3H3,(H,26,31)(H2,25,32,33). The summed E-state index contributed by atoms with van der Waals surface area (Å²) < 4.78 is 25.0. The van der Waals surface area contributed by atoms with Crippen LogP contribution in [0.15, 0.2) is 35.2 Å². The first-order chi connectivity index (χ1) is 16.1. The van der Waals surface area contributed by atoms with Crippen molar-refractivity contribution < 1.29 is 18.0 Å². The predicted molar refractivity (Wildman–Crippen MR) is 132 cm³/mol. The molecule has 0 radical (unpaired) electrons. The van der Waals surface area contributed by atoms with Crippen molar-refractivity contribution in [3.63, 3.8) is 0 Å². The summed E-state index contributed by atoms with van der Waals surface area (Å²) in [7, 11) is -3.76. The third-order valence-electron chi connectivity index (χ3n) is 6.21. The number of aryl methyl sites for hydroxylation is 1. The van der Waals surface area contributed by atoms with E-state index < -0.39 is 10.0 Å². The number of piperazine rings is 1. The molecule has 0 unspecified atom stereocenters. The Hall–Kier alpha value is -2.53. The molecule has 1 aromatic heterocycles. The van der Waals surface area contributed by atoms with Gasteiger partial charge in [0, 0.05) is 55.4 Å². The van der Waals surface area contributed by atoms with Gasteiger partial charge in [-0.15, -0.1) is 0 Å². The van der Waals surface area contributed by atoms with Gasteiger partial charge in [0.2, 0.25) is 15.9 Å². The zero-order valence-corrected chi connectivity index (χ0v) is 21.0. The number of sulfonamides is 1. The van der Waals surface area contributed by atoms with Crippen LogP contribution in [0, 0.1) is 13.8 Å². The van der Waals surface area contributed by atoms with Gasteiger partial charge in [0.05, 0.1) is 18.0 Å². The first kappa shape index (κ1) is 26.1. The highest BCUT2D eigenvalue weighted by Crippen LogP contribution is 2.23. The van der Waals surface area contributed by atoms with Crippen LogP contribution in [0.3, 0.4) is 0 Å². The van der Waals surface area contributed by atoms with Crippen molar-refractivity contribution in [2.24, 2.45) is 5.14 Å². The largest absolute Gasteiger partial charge is 0.355 e. The lowest BCUT2D eigenvalue weighted by molar-refractivity contribution is -0.122. The summed E-state index contributed by atoms with van der Waals surface area (Å²) >= 11 is 0. The van der Waals surface area contributed by atoms with E-state index in [2.05, 4.69) is 22.0 Å². The van der Waals surface area contributed by atoms with Crippen LogP contribution in [-0.2, 0) is 14.8 Å². The Morgan fingerprint density at radius 2 is 1.59 bits per heavy atom. The fourth-order valence-electron chi connectivity index (χ4n) is 4.28. The lowest BCUT2D eigenvalue weighted by Crippen LogP contribution is -2.50. The maximum Gasteiger partial charge on any atom is 0.238 e. The molecule has 1 fully saturated rings. The number of carbonyl (C=O) groups excluding carboxylic acids is 2. The second-order valence-corrected chi connectivity index (χ2v) is 10.4. The van der Waals surface area contributed by atoms with Crippen LogP contribution in [0.25, 0.3) is 5.69 Å². The maximum atomic E-state index is 13.1. The van der Waals surface area contributed by atoms with E-state index in [0.717, 1.165) is 62.6 Å². The number of primary sulfonamides is 1. The number of hydrogen-bond donors (Lipinski definition) is 2. The number of Topliss-reactive ketones (excluding diaryl/α,β-unsaturated/α-hetero) is 1. The lowest BCUT2D eigenvalue weighted by Gasteiger charge is -2.33. The van der Waals surface area contributed by atoms with Gasteiger partial charge in [-0.25, -0.2) is 13.6 Å². The van der Waals surface area contributed by atoms with Crippen LogP contribution >= 0.6 is 0 Å². The highest BCUT2D eigenvalue weighted by atomic mass is 32.2. The molecule has 0 bridgehead atoms. The number of nitrogens with zero attached hydrogens (tertiary/aromatic N) is 3. The van der Waals surface area contributed by atoms with Gasteiger partial charge in [-0.05, 0) is 50.6 Å². The van der Waals surface area contributed by atoms with Gasteiger partial charge in [0.25, 0.3) is 0 Å². The Morgan fingerprint density at radius 1 is 1.00 bits per heavy atom. The van der Waals surface area contributed by atoms with E-state index in [-0.39, 0.29) is 16.6 Å². The molecule has 0 aliphatic carbocycles. The quantitative estimate of drug-likeness (QED) is 0.385. The van der Waals surface area contributed by atoms with Gasteiger partial charge < -0.3 is 9.88 Å². The molecule has 3 N–H and O–H groups in total. The zero-order chi connectivity index (χ0) is 24.9. The summed E-state index contributed by atoms with van der Waals surface area (Å²) in [6.07, 6.45) is 2.05. The van der Waals surface area contributed by atoms with Crippen LogP contribution < -0.4 is 10.5 Å². The minimum Gasteiger partial charge on any atom is -0.355 e. The fraction of sp³-hybridized carbons (Fsp3) is 0.500. The minimum atomic E-state index is -3.76. The second-order valence-electron chi connectivity index (χ2n) is 8.84. The van der Waals surface area contributed by atoms with E-state index >= 15 is 0 Å². The molecule has 0 atom stereocenters. The SMILES string of the molecule is CCCCNC(=O)CN1CCN(CC(=O)c2cc(C)n(-c3ccc(S(N)(=O)=O)cc3)c2C)CC1. The van der Waals surface area contributed by atoms with E-state index in [9.17, 15) is 18.0 Å². The minimum absolute atomic E-state index is 0.0475. The van der Waals surface area contributed by atoms with E-state index in [0.29, 0.717) is 18.7 Å². The molecule has 186 valence electrons. The maximum absolute atomic E-state index is 13.1. The number of benzene rings is 1. The molecule has 0 spiro atoms. The van der Waals surface area contributed by atoms with Crippen molar-refractivity contribution in [1.82, 2.24) is 19.7 Å². The summed E-state index contributed by atoms with van der Waals surface area (Å²) in [5, 5.41) is 8.13. The second kappa shape index (κ2) is 11.3. The molecule has 34 heavy (non-hydrogen) atoms. The number of nitrogens with two attached hydrogens (primary N) is 1. The molecular formula is C24H35N5O4S. The van der Waals surface area contributed by atoms with Gasteiger partial charge in [0.1, 0.15) is 0 Å². The number of carbonyl (C=O) groups is 2. The number of amides is 1. The summed E-state index contributed by atoms with van der Waals surface area (Å²) in [5.74, 6) is 0.105. The topological polar surface area (TPSA) is 118 Å². The van der Waals surface area contributed by atoms with Crippen molar-refractivity contribution >= 4 is 21.7 Å². The molecule has 2 heterocycles. The number of hydrogen-bond acceptors (Lipinski definition) is 6. The molecule has 0 saturated carbocycles. The molecule has 1 saturated heterocycles. The van der Waals surface area contributed by atoms with Gasteiger partial charge in [-0.1, -0.05) is 13.3 Å². The Kier molecular flexibility index (Phi) is 8.64. The van der Waals surface area contributed by atoms with Crippen molar-refractivity contribution in [3.05, 3.63) is 47.3 Å². The van der Waals surface area contributed by atoms with Crippen molar-refractivity contribution in [1.29, 1.82) is 0 Å². The van der Waals surface area contributed by atoms with Crippen LogP contribution in [0.1, 0.15) is 41.5 Å². The van der Waals surface area contributed by atoms with Gasteiger partial charge in [0.15, 0.2) is 5.78 Å². The van der Waals surface area contributed by atoms with Crippen LogP contribution in [-0.4, -0.2) is 80.3 Å². The third kappa shape index (κ3) is 6.53. The summed E-state index contributed by atoms with van der Waals surface area (Å²) in [6.45, 7) is 10.3. The Labute approximate surface area is 202 Å². The summed E-state index contributed by atoms with van der Waals surface area (Å²) in [5.41, 5.74) is 3.13. The van der Waals surface area contributed by atoms with Gasteiger partial charge >= 0.3 is 0 Å². The number of rotatable bonds is 10. The highest BCUT2D eigenvalue weighted by molar-refractivity contribution is 7.89. The number of unbranched alkanes of at least 4 members (excludes halogenated alkanes) is 1. The number of ketones is 1. The Bertz CT molecular complexity index is 1120. The summed E-state index contributed by atoms with van der Waals surface area (Å²) in [4.78, 5) is 29.4. The zero-order valence-electron chi connectivity index (χ0n) is 20.2. The van der Waals surface area contributed by atoms with E-state index in [1.807, 2.05) is 24.5 Å². The molecule has 10 heteroatoms. The van der Waals surface area contributed by atoms with E-state index in [1.165, 1.54) is 12.1 Å². The lowest BCUT2D eigenvalue weighted by atomic mass is 10.1. The molecule has 1 amide bonds. The molecule has 2 aromatic rings. The smallest absolute Gasteiger partial charge is 0.238 e. The Morgan fingerprint density at radius 3 is 2.15 bits per heavy atom. The van der Waals surface area contributed by atoms with Crippen molar-refractivity contribution in [2.75, 3.05) is 45.8 Å². The number of aromatic nitrogens is 1. The van der Waals surface area contributed by atoms with Crippen molar-refractivity contribution in [3.8, 4) is 5.69 Å². The van der Waals surface area contributed by atoms with Gasteiger partial charge in [-0.2, -0.15) is 0 Å². The fourth-order valence-corrected chi connectivity index (χ4v) is 4.80. The van der Waals surface area contributed by atoms with Crippen LogP contribution in [0.5, 0.6) is 0 Å². The monoisotopic (exact) mass is 489 g/mol. The first-order valence-corrected chi connectivity index (χ1v) is 13.2. The predicted octanol–water partition coefficient (Wildman–Crippen LogP) is 1.46. The van der Waals surface area contributed by atoms with Crippen LogP contribution in [0.2, 0.25) is 0 Å². The average Bonchev–Trinajstić information content (AvgIpc) is 3.09. The van der Waals surface area contributed by atoms with E-state index in [1.54, 1.807) is 12.1 Å². The third-order valence-corrected chi connectivity index (χ3v) is 7.14. The average molecular weight is 490 g/mol. The van der Waals surface area contributed by atoms with Crippen molar-refractivity contribution in [2.45, 2.75) is 38.5 Å². The molecular weight excluding hydrogens is 454 g/mol. The molecule has 1 aliphatic heterocycles.